The van der Waals surface area contributed by atoms with Crippen LogP contribution in [0.25, 0.3) is 10.2 Å². The molecule has 2 aromatic rings. The van der Waals surface area contributed by atoms with Crippen molar-refractivity contribution in [1.29, 1.82) is 0 Å². The van der Waals surface area contributed by atoms with E-state index in [1.807, 2.05) is 9.80 Å². The number of rotatable bonds is 3. The Bertz CT molecular complexity index is 1120. The molecule has 0 spiro atoms. The number of amidine groups is 1. The van der Waals surface area contributed by atoms with Gasteiger partial charge < -0.3 is 20.0 Å². The summed E-state index contributed by atoms with van der Waals surface area (Å²) in [6.07, 6.45) is -5.03. The molecule has 9 nitrogen and oxygen atoms in total. The van der Waals surface area contributed by atoms with E-state index in [9.17, 15) is 18.0 Å². The molecule has 3 aliphatic rings. The first-order valence-corrected chi connectivity index (χ1v) is 11.7. The molecule has 2 aromatic heterocycles. The molecule has 0 radical (unpaired) electrons. The average Bonchev–Trinajstić information content (AvgIpc) is 3.34. The molecule has 1 unspecified atom stereocenters. The van der Waals surface area contributed by atoms with Gasteiger partial charge in [-0.3, -0.25) is 9.80 Å². The summed E-state index contributed by atoms with van der Waals surface area (Å²) < 4.78 is 40.3. The third kappa shape index (κ3) is 3.91. The number of alkyl halides is 3. The number of piperazine rings is 2. The molecular formula is C20H25F3N8OS. The van der Waals surface area contributed by atoms with Crippen LogP contribution in [-0.4, -0.2) is 90.3 Å². The molecule has 33 heavy (non-hydrogen) atoms. The Morgan fingerprint density at radius 3 is 2.67 bits per heavy atom. The first-order valence-electron chi connectivity index (χ1n) is 10.8. The third-order valence-corrected chi connectivity index (χ3v) is 7.46. The Labute approximate surface area is 192 Å². The maximum atomic E-state index is 13.4. The Morgan fingerprint density at radius 2 is 1.97 bits per heavy atom. The standard InChI is InChI=1S/C20H25F3N8OS/c1-11(2)13-8-12-16(25-19(26-17(12)33-13)30-5-4-24-14(32)9-30)29-6-7-31-15(10-29)28(3)27-18(31)20(21,22)23/h8,11,15H,4-7,9-10H2,1-3H3,(H,24,32). The number of hydrazone groups is 1. The van der Waals surface area contributed by atoms with Crippen molar-refractivity contribution in [3.8, 4) is 0 Å². The van der Waals surface area contributed by atoms with Crippen LogP contribution in [-0.2, 0) is 4.79 Å². The van der Waals surface area contributed by atoms with Crippen LogP contribution in [0.3, 0.4) is 0 Å². The minimum atomic E-state index is -4.49. The maximum absolute atomic E-state index is 13.4. The van der Waals surface area contributed by atoms with E-state index in [1.54, 1.807) is 18.4 Å². The number of amides is 1. The van der Waals surface area contributed by atoms with E-state index in [2.05, 4.69) is 30.3 Å². The van der Waals surface area contributed by atoms with Gasteiger partial charge in [0.15, 0.2) is 0 Å². The van der Waals surface area contributed by atoms with Crippen LogP contribution in [0, 0.1) is 0 Å². The lowest BCUT2D eigenvalue weighted by Gasteiger charge is -2.41. The molecule has 1 atom stereocenters. The van der Waals surface area contributed by atoms with Gasteiger partial charge in [-0.2, -0.15) is 23.3 Å². The summed E-state index contributed by atoms with van der Waals surface area (Å²) in [5.74, 6) is 0.539. The molecule has 0 aromatic carbocycles. The summed E-state index contributed by atoms with van der Waals surface area (Å²) >= 11 is 1.59. The zero-order valence-corrected chi connectivity index (χ0v) is 19.4. The first kappa shape index (κ1) is 22.0. The molecule has 5 rings (SSSR count). The summed E-state index contributed by atoms with van der Waals surface area (Å²) in [5, 5.41) is 8.83. The van der Waals surface area contributed by atoms with Crippen LogP contribution in [0.4, 0.5) is 24.9 Å². The largest absolute Gasteiger partial charge is 0.451 e. The predicted molar refractivity (Wildman–Crippen MR) is 121 cm³/mol. The maximum Gasteiger partial charge on any atom is 0.451 e. The lowest BCUT2D eigenvalue weighted by molar-refractivity contribution is -0.120. The van der Waals surface area contributed by atoms with E-state index in [0.717, 1.165) is 15.1 Å². The van der Waals surface area contributed by atoms with E-state index in [4.69, 9.17) is 9.97 Å². The number of nitrogens with one attached hydrogen (secondary N) is 1. The van der Waals surface area contributed by atoms with Gasteiger partial charge in [-0.1, -0.05) is 13.8 Å². The number of aromatic nitrogens is 2. The second-order valence-electron chi connectivity index (χ2n) is 8.76. The fourth-order valence-corrected chi connectivity index (χ4v) is 5.43. The Kier molecular flexibility index (Phi) is 5.26. The molecule has 5 heterocycles. The topological polar surface area (TPSA) is 80.2 Å². The lowest BCUT2D eigenvalue weighted by Crippen LogP contribution is -2.58. The number of likely N-dealkylation sites (N-methyl/N-ethyl adjacent to an activating group) is 1. The number of thiophene rings is 1. The second-order valence-corrected chi connectivity index (χ2v) is 9.82. The quantitative estimate of drug-likeness (QED) is 0.717. The van der Waals surface area contributed by atoms with Crippen LogP contribution >= 0.6 is 11.3 Å². The Balaban J connectivity index is 1.51. The van der Waals surface area contributed by atoms with Gasteiger partial charge in [0.2, 0.25) is 17.7 Å². The van der Waals surface area contributed by atoms with Crippen LogP contribution < -0.4 is 15.1 Å². The zero-order valence-electron chi connectivity index (χ0n) is 18.6. The molecule has 1 N–H and O–H groups in total. The van der Waals surface area contributed by atoms with Gasteiger partial charge in [0.25, 0.3) is 0 Å². The highest BCUT2D eigenvalue weighted by atomic mass is 32.1. The number of nitrogens with zero attached hydrogens (tertiary/aromatic N) is 7. The molecule has 2 saturated heterocycles. The summed E-state index contributed by atoms with van der Waals surface area (Å²) in [4.78, 5) is 28.7. The van der Waals surface area contributed by atoms with Crippen molar-refractivity contribution >= 4 is 45.1 Å². The summed E-state index contributed by atoms with van der Waals surface area (Å²) in [7, 11) is 1.56. The molecule has 1 amide bonds. The minimum Gasteiger partial charge on any atom is -0.353 e. The van der Waals surface area contributed by atoms with E-state index in [-0.39, 0.29) is 19.0 Å². The molecular weight excluding hydrogens is 457 g/mol. The number of halogens is 3. The Morgan fingerprint density at radius 1 is 1.18 bits per heavy atom. The van der Waals surface area contributed by atoms with Gasteiger partial charge >= 0.3 is 6.18 Å². The van der Waals surface area contributed by atoms with Crippen molar-refractivity contribution in [2.45, 2.75) is 32.1 Å². The second kappa shape index (κ2) is 7.89. The van der Waals surface area contributed by atoms with Crippen LogP contribution in [0.2, 0.25) is 0 Å². The zero-order chi connectivity index (χ0) is 23.5. The highest BCUT2D eigenvalue weighted by Gasteiger charge is 2.49. The number of carbonyl (C=O) groups excluding carboxylic acids is 1. The molecule has 0 aliphatic carbocycles. The number of carbonyl (C=O) groups is 1. The molecule has 0 bridgehead atoms. The average molecular weight is 483 g/mol. The predicted octanol–water partition coefficient (Wildman–Crippen LogP) is 2.02. The van der Waals surface area contributed by atoms with Crippen molar-refractivity contribution in [2.75, 3.05) is 56.1 Å². The third-order valence-electron chi connectivity index (χ3n) is 6.13. The van der Waals surface area contributed by atoms with E-state index >= 15 is 0 Å². The summed E-state index contributed by atoms with van der Waals surface area (Å²) in [5.41, 5.74) is 0. The highest BCUT2D eigenvalue weighted by Crippen LogP contribution is 2.38. The lowest BCUT2D eigenvalue weighted by atomic mass is 10.1. The monoisotopic (exact) mass is 482 g/mol. The van der Waals surface area contributed by atoms with Crippen LogP contribution in [0.1, 0.15) is 24.6 Å². The molecule has 13 heteroatoms. The number of hydrogen-bond donors (Lipinski definition) is 1. The van der Waals surface area contributed by atoms with Crippen molar-refractivity contribution in [1.82, 2.24) is 25.2 Å². The van der Waals surface area contributed by atoms with Gasteiger partial charge in [0.1, 0.15) is 16.8 Å². The number of anilines is 2. The molecule has 3 aliphatic heterocycles. The SMILES string of the molecule is CC(C)c1cc2c(N3CCN4C(C(F)(F)F)=NN(C)C4C3)nc(N3CCNC(=O)C3)nc2s1. The van der Waals surface area contributed by atoms with E-state index in [0.29, 0.717) is 43.9 Å². The van der Waals surface area contributed by atoms with Crippen LogP contribution in [0.5, 0.6) is 0 Å². The van der Waals surface area contributed by atoms with E-state index < -0.39 is 18.2 Å². The molecule has 2 fully saturated rings. The molecule has 178 valence electrons. The van der Waals surface area contributed by atoms with Gasteiger partial charge in [-0.15, -0.1) is 11.3 Å². The number of hydrogen-bond acceptors (Lipinski definition) is 9. The van der Waals surface area contributed by atoms with Crippen molar-refractivity contribution in [3.05, 3.63) is 10.9 Å². The summed E-state index contributed by atoms with van der Waals surface area (Å²) in [6.45, 7) is 6.38. The normalized spacial score (nSPS) is 21.7. The smallest absolute Gasteiger partial charge is 0.353 e. The fraction of sp³-hybridized carbons (Fsp3) is 0.600. The van der Waals surface area contributed by atoms with Gasteiger partial charge in [0, 0.05) is 38.1 Å². The Hall–Kier alpha value is -2.83. The van der Waals surface area contributed by atoms with Crippen LogP contribution in [0.15, 0.2) is 11.2 Å². The molecule has 0 saturated carbocycles. The highest BCUT2D eigenvalue weighted by molar-refractivity contribution is 7.18. The van der Waals surface area contributed by atoms with Gasteiger partial charge in [-0.05, 0) is 12.0 Å². The van der Waals surface area contributed by atoms with Crippen molar-refractivity contribution in [3.63, 3.8) is 0 Å². The first-order chi connectivity index (χ1) is 15.6. The summed E-state index contributed by atoms with van der Waals surface area (Å²) in [6, 6.07) is 2.08. The minimum absolute atomic E-state index is 0.0847. The van der Waals surface area contributed by atoms with Crippen molar-refractivity contribution < 1.29 is 18.0 Å². The van der Waals surface area contributed by atoms with Crippen molar-refractivity contribution in [2.24, 2.45) is 5.10 Å². The van der Waals surface area contributed by atoms with Gasteiger partial charge in [0.05, 0.1) is 18.5 Å². The number of fused-ring (bicyclic) bond motifs is 2. The fourth-order valence-electron chi connectivity index (χ4n) is 4.41. The van der Waals surface area contributed by atoms with Gasteiger partial charge in [-0.25, -0.2) is 4.98 Å². The van der Waals surface area contributed by atoms with E-state index in [1.165, 1.54) is 9.91 Å².